The van der Waals surface area contributed by atoms with Crippen LogP contribution in [-0.4, -0.2) is 5.48 Å². The van der Waals surface area contributed by atoms with Crippen LogP contribution in [0.4, 0.5) is 0 Å². The molecule has 0 aliphatic heterocycles. The zero-order valence-electron chi connectivity index (χ0n) is 2.37. The smallest absolute Gasteiger partial charge is 0.769 e. The van der Waals surface area contributed by atoms with Gasteiger partial charge in [0.2, 0.25) is 0 Å². The summed E-state index contributed by atoms with van der Waals surface area (Å²) in [6, 6.07) is 0. The maximum Gasteiger partial charge on any atom is 2.00 e. The van der Waals surface area contributed by atoms with Gasteiger partial charge in [0.25, 0.3) is 0 Å². The van der Waals surface area contributed by atoms with Gasteiger partial charge in [0.15, 0.2) is 0 Å². The number of halogens is 2. The molecule has 0 bridgehead atoms. The molecule has 0 atom stereocenters. The second-order valence-electron chi connectivity index (χ2n) is 0. The average molecular weight is 184 g/mol. The zero-order chi connectivity index (χ0) is 4.00. The van der Waals surface area contributed by atoms with Gasteiger partial charge in [0, 0.05) is 0 Å². The van der Waals surface area contributed by atoms with E-state index in [1.807, 2.05) is 0 Å². The fourth-order valence-corrected chi connectivity index (χ4v) is 0. The predicted octanol–water partition coefficient (Wildman–Crippen LogP) is -1.83. The van der Waals surface area contributed by atoms with Crippen LogP contribution in [0.2, 0.25) is 0 Å². The molecule has 6 heavy (non-hydrogen) atoms. The molecule has 0 aliphatic rings. The molecule has 0 aromatic rings. The first-order valence-electron chi connectivity index (χ1n) is 0.309. The Bertz CT molecular complexity index is 8.75. The van der Waals surface area contributed by atoms with Gasteiger partial charge in [-0.25, -0.2) is 23.7 Å². The Kier molecular flexibility index (Phi) is 724. The molecule has 3 nitrogen and oxygen atoms in total. The summed E-state index contributed by atoms with van der Waals surface area (Å²) in [6.45, 7) is 0. The molecule has 0 rings (SSSR count). The van der Waals surface area contributed by atoms with Gasteiger partial charge in [-0.3, -0.25) is 0 Å². The van der Waals surface area contributed by atoms with E-state index in [0.717, 1.165) is 0 Å². The van der Waals surface area contributed by atoms with Crippen molar-refractivity contribution in [2.45, 2.75) is 0 Å². The quantitative estimate of drug-likeness (QED) is 0.415. The van der Waals surface area contributed by atoms with Crippen LogP contribution >= 0.6 is 23.7 Å². The van der Waals surface area contributed by atoms with Crippen LogP contribution < -0.4 is 9.32 Å². The minimum atomic E-state index is 0. The number of hydrogen-bond donors (Lipinski definition) is 0. The molecule has 1 radical (unpaired) electrons. The van der Waals surface area contributed by atoms with Gasteiger partial charge >= 0.3 is 17.1 Å². The van der Waals surface area contributed by atoms with E-state index in [1.165, 1.54) is 0 Å². The molecular weight excluding hydrogens is 182 g/mol. The van der Waals surface area contributed by atoms with E-state index in [4.69, 9.17) is 9.32 Å². The van der Waals surface area contributed by atoms with Crippen molar-refractivity contribution in [2.24, 2.45) is 0 Å². The summed E-state index contributed by atoms with van der Waals surface area (Å²) in [5.74, 6) is 0. The third kappa shape index (κ3) is 82.2. The van der Waals surface area contributed by atoms with Crippen LogP contribution in [0.15, 0.2) is 0 Å². The van der Waals surface area contributed by atoms with Gasteiger partial charge in [-0.2, -0.15) is 0 Å². The molecule has 0 fully saturated rings. The van der Waals surface area contributed by atoms with Gasteiger partial charge in [-0.1, -0.05) is 0 Å². The Labute approximate surface area is 56.0 Å². The molecule has 6 heteroatoms. The van der Waals surface area contributed by atoms with Gasteiger partial charge in [-0.15, -0.1) is 0 Å². The van der Waals surface area contributed by atoms with Crippen molar-refractivity contribution in [3.8, 4) is 0 Å². The Morgan fingerprint density at radius 1 is 0.833 bits per heavy atom. The van der Waals surface area contributed by atoms with Gasteiger partial charge in [0.1, 0.15) is 0 Å². The van der Waals surface area contributed by atoms with Crippen molar-refractivity contribution in [1.29, 1.82) is 0 Å². The summed E-state index contributed by atoms with van der Waals surface area (Å²) < 4.78 is 15.4. The molecule has 45 valence electrons. The van der Waals surface area contributed by atoms with Crippen molar-refractivity contribution in [3.63, 3.8) is 0 Å². The van der Waals surface area contributed by atoms with Gasteiger partial charge in [-0.05, 0) is 0 Å². The monoisotopic (exact) mass is 183 g/mol. The molecule has 2 N–H and O–H groups in total. The fourth-order valence-electron chi connectivity index (χ4n) is 0. The molecule has 0 aliphatic carbocycles. The third-order valence-corrected chi connectivity index (χ3v) is 0. The van der Waals surface area contributed by atoms with Crippen LogP contribution in [0, 0.1) is 0 Å². The molecule has 0 spiro atoms. The van der Waals surface area contributed by atoms with Crippen molar-refractivity contribution in [1.82, 2.24) is 0 Å². The molecule has 0 aromatic heterocycles. The maximum atomic E-state index is 7.72. The number of rotatable bonds is 0. The largest absolute Gasteiger partial charge is 2.00 e. The van der Waals surface area contributed by atoms with Crippen LogP contribution in [0.25, 0.3) is 0 Å². The van der Waals surface area contributed by atoms with E-state index in [-0.39, 0.29) is 22.5 Å². The van der Waals surface area contributed by atoms with Crippen molar-refractivity contribution < 1.29 is 31.9 Å². The Balaban J connectivity index is -0.00000000500. The number of hydrogen-bond acceptors (Lipinski definition) is 2. The van der Waals surface area contributed by atoms with E-state index >= 15 is 0 Å². The average Bonchev–Trinajstić information content (AvgIpc) is 1.50. The SMILES string of the molecule is O.[Cu+2].[O-]Cl.[O-]Cl. The van der Waals surface area contributed by atoms with E-state index in [0.29, 0.717) is 0 Å². The first-order valence-corrected chi connectivity index (χ1v) is 0.926. The minimum absolute atomic E-state index is 0. The second kappa shape index (κ2) is 155. The van der Waals surface area contributed by atoms with Gasteiger partial charge in [0.05, 0.1) is 0 Å². The van der Waals surface area contributed by atoms with Crippen molar-refractivity contribution in [2.75, 3.05) is 0 Å². The zero-order valence-corrected chi connectivity index (χ0v) is 4.83. The molecule has 0 amide bonds. The molecule has 0 heterocycles. The van der Waals surface area contributed by atoms with Crippen LogP contribution in [0.3, 0.4) is 0 Å². The Morgan fingerprint density at radius 2 is 0.833 bits per heavy atom. The first kappa shape index (κ1) is 28.1. The van der Waals surface area contributed by atoms with Gasteiger partial charge < -0.3 is 14.8 Å². The summed E-state index contributed by atoms with van der Waals surface area (Å²) in [5, 5.41) is 0. The molecule has 0 saturated heterocycles. The van der Waals surface area contributed by atoms with Crippen molar-refractivity contribution in [3.05, 3.63) is 0 Å². The third-order valence-electron chi connectivity index (χ3n) is 0. The standard InChI is InChI=1S/2ClO.Cu.H2O/c2*1-2;;/h;;;1H2/q2*-1;+2;. The first-order chi connectivity index (χ1) is 2.00. The summed E-state index contributed by atoms with van der Waals surface area (Å²) in [7, 11) is 0. The normalized spacial score (nSPS) is 2.00. The minimum Gasteiger partial charge on any atom is -0.769 e. The summed E-state index contributed by atoms with van der Waals surface area (Å²) in [6.07, 6.45) is 0. The second-order valence-corrected chi connectivity index (χ2v) is 0. The summed E-state index contributed by atoms with van der Waals surface area (Å²) in [4.78, 5) is 0. The van der Waals surface area contributed by atoms with Crippen LogP contribution in [0.5, 0.6) is 0 Å². The Hall–Kier alpha value is 0.979. The predicted molar refractivity (Wildman–Crippen MR) is 15.3 cm³/mol. The molecule has 0 saturated carbocycles. The fraction of sp³-hybridized carbons (Fsp3) is 0. The van der Waals surface area contributed by atoms with Crippen LogP contribution in [0.1, 0.15) is 0 Å². The van der Waals surface area contributed by atoms with E-state index < -0.39 is 0 Å². The molecular formula is H2Cl2CuO3. The Morgan fingerprint density at radius 3 is 0.833 bits per heavy atom. The topological polar surface area (TPSA) is 77.6 Å². The van der Waals surface area contributed by atoms with Crippen molar-refractivity contribution >= 4 is 23.7 Å². The maximum absolute atomic E-state index is 7.72. The molecule has 0 unspecified atom stereocenters. The van der Waals surface area contributed by atoms with Crippen LogP contribution in [-0.2, 0) is 17.1 Å². The van der Waals surface area contributed by atoms with E-state index in [2.05, 4.69) is 23.7 Å². The van der Waals surface area contributed by atoms with E-state index in [1.54, 1.807) is 0 Å². The summed E-state index contributed by atoms with van der Waals surface area (Å²) >= 11 is 6.78. The van der Waals surface area contributed by atoms with E-state index in [9.17, 15) is 0 Å². The summed E-state index contributed by atoms with van der Waals surface area (Å²) in [5.41, 5.74) is 0. The molecule has 0 aromatic carbocycles.